The Morgan fingerprint density at radius 2 is 1.96 bits per heavy atom. The van der Waals surface area contributed by atoms with Crippen molar-refractivity contribution in [3.8, 4) is 11.1 Å². The Bertz CT molecular complexity index is 782. The molecule has 0 unspecified atom stereocenters. The maximum Gasteiger partial charge on any atom is 0.410 e. The van der Waals surface area contributed by atoms with Gasteiger partial charge in [-0.15, -0.1) is 0 Å². The van der Waals surface area contributed by atoms with Crippen LogP contribution in [0.15, 0.2) is 30.5 Å². The Labute approximate surface area is 145 Å². The number of hydrogen-bond donors (Lipinski definition) is 0. The predicted molar refractivity (Wildman–Crippen MR) is 90.1 cm³/mol. The molecule has 3 rings (SSSR count). The molecule has 24 heavy (non-hydrogen) atoms. The lowest BCUT2D eigenvalue weighted by atomic mass is 10.0. The molecule has 2 aromatic rings. The highest BCUT2D eigenvalue weighted by Gasteiger charge is 2.28. The highest BCUT2D eigenvalue weighted by molar-refractivity contribution is 6.33. The first-order valence-corrected chi connectivity index (χ1v) is 8.02. The second-order valence-electron chi connectivity index (χ2n) is 6.78. The first kappa shape index (κ1) is 16.7. The van der Waals surface area contributed by atoms with Gasteiger partial charge in [0.15, 0.2) is 0 Å². The molecule has 0 N–H and O–H groups in total. The van der Waals surface area contributed by atoms with Crippen molar-refractivity contribution in [2.45, 2.75) is 39.5 Å². The number of pyridine rings is 1. The predicted octanol–water partition coefficient (Wildman–Crippen LogP) is 4.79. The number of amides is 1. The van der Waals surface area contributed by atoms with Gasteiger partial charge in [-0.1, -0.05) is 23.7 Å². The van der Waals surface area contributed by atoms with Gasteiger partial charge in [0.2, 0.25) is 5.95 Å². The summed E-state index contributed by atoms with van der Waals surface area (Å²) in [6, 6.07) is 7.09. The minimum Gasteiger partial charge on any atom is -0.444 e. The molecule has 0 saturated carbocycles. The average Bonchev–Trinajstić information content (AvgIpc) is 2.88. The van der Waals surface area contributed by atoms with E-state index in [4.69, 9.17) is 16.3 Å². The largest absolute Gasteiger partial charge is 0.444 e. The zero-order valence-corrected chi connectivity index (χ0v) is 14.5. The number of nitrogens with zero attached hydrogens (tertiary/aromatic N) is 2. The molecule has 0 saturated heterocycles. The number of carbonyl (C=O) groups excluding carboxylic acids is 1. The molecule has 0 bridgehead atoms. The number of halogens is 2. The van der Waals surface area contributed by atoms with Crippen molar-refractivity contribution in [2.75, 3.05) is 0 Å². The summed E-state index contributed by atoms with van der Waals surface area (Å²) in [5, 5.41) is 0.310. The van der Waals surface area contributed by atoms with Gasteiger partial charge >= 0.3 is 6.09 Å². The van der Waals surface area contributed by atoms with E-state index in [9.17, 15) is 9.18 Å². The minimum atomic E-state index is -0.607. The van der Waals surface area contributed by atoms with Gasteiger partial charge < -0.3 is 4.74 Å². The maximum absolute atomic E-state index is 14.0. The number of fused-ring (bicyclic) bond motifs is 1. The van der Waals surface area contributed by atoms with Crippen LogP contribution in [0.1, 0.15) is 31.9 Å². The molecule has 1 amide bonds. The lowest BCUT2D eigenvalue weighted by Gasteiger charge is -2.24. The summed E-state index contributed by atoms with van der Waals surface area (Å²) in [5.74, 6) is -0.607. The Hall–Kier alpha value is -2.14. The summed E-state index contributed by atoms with van der Waals surface area (Å²) in [6.45, 7) is 6.41. The molecule has 6 heteroatoms. The van der Waals surface area contributed by atoms with Gasteiger partial charge in [-0.05, 0) is 49.6 Å². The van der Waals surface area contributed by atoms with Crippen LogP contribution >= 0.6 is 11.6 Å². The standard InChI is InChI=1S/C18H18ClFN2O2/c1-18(2,3)24-17(23)22-9-12-5-4-11(8-13(12)10-22)15-14(19)6-7-21-16(15)20/h4-8H,9-10H2,1-3H3. The molecule has 0 radical (unpaired) electrons. The van der Waals surface area contributed by atoms with Crippen LogP contribution in [0, 0.1) is 5.95 Å². The maximum atomic E-state index is 14.0. The van der Waals surface area contributed by atoms with E-state index in [1.165, 1.54) is 6.20 Å². The van der Waals surface area contributed by atoms with Gasteiger partial charge in [0.25, 0.3) is 0 Å². The number of ether oxygens (including phenoxy) is 1. The summed E-state index contributed by atoms with van der Waals surface area (Å²) >= 11 is 6.10. The van der Waals surface area contributed by atoms with E-state index < -0.39 is 11.5 Å². The lowest BCUT2D eigenvalue weighted by Crippen LogP contribution is -2.33. The monoisotopic (exact) mass is 348 g/mol. The molecule has 1 aliphatic rings. The van der Waals surface area contributed by atoms with E-state index in [2.05, 4.69) is 4.98 Å². The van der Waals surface area contributed by atoms with Crippen LogP contribution in [-0.4, -0.2) is 21.6 Å². The Morgan fingerprint density at radius 1 is 1.25 bits per heavy atom. The number of aromatic nitrogens is 1. The second-order valence-corrected chi connectivity index (χ2v) is 7.19. The van der Waals surface area contributed by atoms with E-state index in [-0.39, 0.29) is 11.7 Å². The normalized spacial score (nSPS) is 13.8. The average molecular weight is 349 g/mol. The van der Waals surface area contributed by atoms with Crippen LogP contribution in [0.5, 0.6) is 0 Å². The first-order chi connectivity index (χ1) is 11.2. The van der Waals surface area contributed by atoms with Crippen LogP contribution < -0.4 is 0 Å². The third-order valence-corrected chi connectivity index (χ3v) is 4.04. The Balaban J connectivity index is 1.86. The number of carbonyl (C=O) groups is 1. The number of rotatable bonds is 1. The van der Waals surface area contributed by atoms with Crippen molar-refractivity contribution in [2.24, 2.45) is 0 Å². The summed E-state index contributed by atoms with van der Waals surface area (Å²) in [6.07, 6.45) is 0.976. The number of hydrogen-bond acceptors (Lipinski definition) is 3. The molecule has 1 aromatic carbocycles. The highest BCUT2D eigenvalue weighted by Crippen LogP contribution is 2.33. The number of benzene rings is 1. The van der Waals surface area contributed by atoms with Gasteiger partial charge in [-0.25, -0.2) is 9.78 Å². The summed E-state index contributed by atoms with van der Waals surface area (Å²) in [4.78, 5) is 17.5. The first-order valence-electron chi connectivity index (χ1n) is 7.65. The fourth-order valence-electron chi connectivity index (χ4n) is 2.68. The van der Waals surface area contributed by atoms with E-state index >= 15 is 0 Å². The van der Waals surface area contributed by atoms with Crippen LogP contribution in [-0.2, 0) is 17.8 Å². The van der Waals surface area contributed by atoms with Crippen molar-refractivity contribution >= 4 is 17.7 Å². The molecule has 0 fully saturated rings. The summed E-state index contributed by atoms with van der Waals surface area (Å²) < 4.78 is 19.4. The third-order valence-electron chi connectivity index (χ3n) is 3.72. The van der Waals surface area contributed by atoms with Crippen LogP contribution in [0.25, 0.3) is 11.1 Å². The van der Waals surface area contributed by atoms with Gasteiger partial charge in [-0.2, -0.15) is 4.39 Å². The Kier molecular flexibility index (Phi) is 4.22. The molecule has 0 atom stereocenters. The van der Waals surface area contributed by atoms with Crippen molar-refractivity contribution < 1.29 is 13.9 Å². The van der Waals surface area contributed by atoms with Gasteiger partial charge in [-0.3, -0.25) is 4.90 Å². The molecule has 126 valence electrons. The quantitative estimate of drug-likeness (QED) is 0.696. The van der Waals surface area contributed by atoms with Crippen molar-refractivity contribution in [1.82, 2.24) is 9.88 Å². The molecule has 0 spiro atoms. The van der Waals surface area contributed by atoms with Crippen molar-refractivity contribution in [3.05, 3.63) is 52.6 Å². The summed E-state index contributed by atoms with van der Waals surface area (Å²) in [7, 11) is 0. The molecule has 4 nitrogen and oxygen atoms in total. The SMILES string of the molecule is CC(C)(C)OC(=O)N1Cc2ccc(-c3c(Cl)ccnc3F)cc2C1. The van der Waals surface area contributed by atoms with Crippen LogP contribution in [0.4, 0.5) is 9.18 Å². The lowest BCUT2D eigenvalue weighted by molar-refractivity contribution is 0.0242. The second kappa shape index (κ2) is 6.06. The zero-order chi connectivity index (χ0) is 17.5. The van der Waals surface area contributed by atoms with E-state index in [0.29, 0.717) is 23.7 Å². The zero-order valence-electron chi connectivity index (χ0n) is 13.8. The smallest absolute Gasteiger partial charge is 0.410 e. The van der Waals surface area contributed by atoms with Gasteiger partial charge in [0.05, 0.1) is 10.6 Å². The highest BCUT2D eigenvalue weighted by atomic mass is 35.5. The molecule has 2 heterocycles. The fourth-order valence-corrected chi connectivity index (χ4v) is 2.92. The molecule has 0 aliphatic carbocycles. The topological polar surface area (TPSA) is 42.4 Å². The van der Waals surface area contributed by atoms with Crippen molar-refractivity contribution in [3.63, 3.8) is 0 Å². The van der Waals surface area contributed by atoms with Crippen LogP contribution in [0.3, 0.4) is 0 Å². The summed E-state index contributed by atoms with van der Waals surface area (Å²) in [5.41, 5.74) is 2.36. The van der Waals surface area contributed by atoms with Gasteiger partial charge in [0.1, 0.15) is 5.60 Å². The van der Waals surface area contributed by atoms with Gasteiger partial charge in [0, 0.05) is 19.3 Å². The minimum absolute atomic E-state index is 0.276. The fraction of sp³-hybridized carbons (Fsp3) is 0.333. The van der Waals surface area contributed by atoms with Crippen molar-refractivity contribution in [1.29, 1.82) is 0 Å². The third kappa shape index (κ3) is 3.36. The molecular weight excluding hydrogens is 331 g/mol. The molecule has 1 aliphatic heterocycles. The van der Waals surface area contributed by atoms with E-state index in [1.807, 2.05) is 32.9 Å². The molecular formula is C18H18ClFN2O2. The van der Waals surface area contributed by atoms with E-state index in [1.54, 1.807) is 17.0 Å². The van der Waals surface area contributed by atoms with Crippen LogP contribution in [0.2, 0.25) is 5.02 Å². The van der Waals surface area contributed by atoms with E-state index in [0.717, 1.165) is 11.1 Å². The molecule has 1 aromatic heterocycles. The Morgan fingerprint density at radius 3 is 2.62 bits per heavy atom.